The Bertz CT molecular complexity index is 1150. The molecule has 0 radical (unpaired) electrons. The molecule has 0 atom stereocenters. The minimum absolute atomic E-state index is 0.0342. The zero-order valence-corrected chi connectivity index (χ0v) is 21.8. The molecule has 36 heavy (non-hydrogen) atoms. The lowest BCUT2D eigenvalue weighted by Gasteiger charge is -2.51. The number of rotatable bonds is 1. The first kappa shape index (κ1) is 25.7. The number of piperidine rings is 1. The first-order valence-corrected chi connectivity index (χ1v) is 12.2. The van der Waals surface area contributed by atoms with E-state index in [-0.39, 0.29) is 18.1 Å². The monoisotopic (exact) mass is 497 g/mol. The number of fused-ring (bicyclic) bond motifs is 1. The van der Waals surface area contributed by atoms with Gasteiger partial charge in [0.2, 0.25) is 0 Å². The molecule has 194 valence electrons. The highest BCUT2D eigenvalue weighted by Crippen LogP contribution is 2.45. The zero-order chi connectivity index (χ0) is 26.3. The Labute approximate surface area is 211 Å². The largest absolute Gasteiger partial charge is 0.507 e. The minimum atomic E-state index is -0.740. The van der Waals surface area contributed by atoms with Gasteiger partial charge in [0, 0.05) is 5.56 Å². The van der Waals surface area contributed by atoms with Crippen LogP contribution in [-0.4, -0.2) is 63.9 Å². The van der Waals surface area contributed by atoms with Crippen molar-refractivity contribution < 1.29 is 24.2 Å². The lowest BCUT2D eigenvalue weighted by atomic mass is 9.83. The van der Waals surface area contributed by atoms with E-state index in [9.17, 15) is 14.7 Å². The predicted molar refractivity (Wildman–Crippen MR) is 136 cm³/mol. The summed E-state index contributed by atoms with van der Waals surface area (Å²) in [6, 6.07) is 8.46. The number of hydrogen-bond donors (Lipinski definition) is 2. The van der Waals surface area contributed by atoms with Gasteiger partial charge in [0.25, 0.3) is 0 Å². The standard InChI is InChI=1S/C26H35N5O5/c1-24(2,3)35-22(33)30-16-26(11-13-27-14-12-26)31(23(34)36-25(4,5)6)19-15-18(28-29-21(19)30)17-9-7-8-10-20(17)32/h7-10,15,27,32H,11-14,16H2,1-6H3. The number of aromatic nitrogens is 2. The molecule has 2 amide bonds. The normalized spacial score (nSPS) is 17.5. The number of hydrogen-bond acceptors (Lipinski definition) is 8. The molecule has 0 bridgehead atoms. The molecule has 1 aromatic heterocycles. The molecular formula is C26H35N5O5. The van der Waals surface area contributed by atoms with E-state index in [4.69, 9.17) is 9.47 Å². The van der Waals surface area contributed by atoms with Crippen LogP contribution < -0.4 is 15.1 Å². The third-order valence-corrected chi connectivity index (χ3v) is 6.08. The van der Waals surface area contributed by atoms with E-state index in [2.05, 4.69) is 15.5 Å². The van der Waals surface area contributed by atoms with Crippen LogP contribution in [0.1, 0.15) is 54.4 Å². The molecule has 3 heterocycles. The highest BCUT2D eigenvalue weighted by molar-refractivity contribution is 6.01. The van der Waals surface area contributed by atoms with Gasteiger partial charge in [-0.3, -0.25) is 9.80 Å². The first-order valence-electron chi connectivity index (χ1n) is 12.2. The van der Waals surface area contributed by atoms with E-state index in [1.54, 1.807) is 56.0 Å². The fraction of sp³-hybridized carbons (Fsp3) is 0.538. The van der Waals surface area contributed by atoms with Gasteiger partial charge < -0.3 is 19.9 Å². The number of phenolic OH excluding ortho intramolecular Hbond substituents is 1. The van der Waals surface area contributed by atoms with Crippen molar-refractivity contribution in [1.82, 2.24) is 15.5 Å². The number of ether oxygens (including phenoxy) is 2. The summed E-state index contributed by atoms with van der Waals surface area (Å²) in [7, 11) is 0. The minimum Gasteiger partial charge on any atom is -0.507 e. The maximum absolute atomic E-state index is 13.7. The van der Waals surface area contributed by atoms with Gasteiger partial charge in [-0.25, -0.2) is 9.59 Å². The highest BCUT2D eigenvalue weighted by atomic mass is 16.6. The van der Waals surface area contributed by atoms with Crippen LogP contribution >= 0.6 is 0 Å². The smallest absolute Gasteiger partial charge is 0.416 e. The van der Waals surface area contributed by atoms with Crippen LogP contribution in [0.2, 0.25) is 0 Å². The molecule has 1 aromatic carbocycles. The van der Waals surface area contributed by atoms with Gasteiger partial charge in [-0.1, -0.05) is 12.1 Å². The number of carbonyl (C=O) groups is 2. The van der Waals surface area contributed by atoms with Crippen LogP contribution in [0.5, 0.6) is 5.75 Å². The number of nitrogens with one attached hydrogen (secondary N) is 1. The van der Waals surface area contributed by atoms with Crippen molar-refractivity contribution >= 4 is 23.7 Å². The highest BCUT2D eigenvalue weighted by Gasteiger charge is 2.51. The summed E-state index contributed by atoms with van der Waals surface area (Å²) in [6.45, 7) is 12.4. The SMILES string of the molecule is CC(C)(C)OC(=O)N1CC2(CCNCC2)N(C(=O)OC(C)(C)C)c2cc(-c3ccccc3O)nnc21. The number of carbonyl (C=O) groups excluding carboxylic acids is 2. The molecule has 1 fully saturated rings. The molecule has 2 aromatic rings. The van der Waals surface area contributed by atoms with Gasteiger partial charge in [-0.15, -0.1) is 10.2 Å². The Hall–Kier alpha value is -3.40. The van der Waals surface area contributed by atoms with Crippen molar-refractivity contribution in [2.24, 2.45) is 0 Å². The van der Waals surface area contributed by atoms with E-state index in [0.29, 0.717) is 42.9 Å². The quantitative estimate of drug-likeness (QED) is 0.593. The average molecular weight is 498 g/mol. The lowest BCUT2D eigenvalue weighted by molar-refractivity contribution is 0.0474. The molecule has 10 heteroatoms. The molecule has 1 saturated heterocycles. The summed E-state index contributed by atoms with van der Waals surface area (Å²) in [5.41, 5.74) is -0.965. The predicted octanol–water partition coefficient (Wildman–Crippen LogP) is 4.47. The van der Waals surface area contributed by atoms with Crippen molar-refractivity contribution in [3.8, 4) is 17.0 Å². The topological polar surface area (TPSA) is 117 Å². The molecule has 2 aliphatic rings. The summed E-state index contributed by atoms with van der Waals surface area (Å²) in [6.07, 6.45) is 0.110. The second-order valence-electron chi connectivity index (χ2n) is 11.3. The second-order valence-corrected chi connectivity index (χ2v) is 11.3. The van der Waals surface area contributed by atoms with E-state index >= 15 is 0 Å². The molecule has 0 aliphatic carbocycles. The average Bonchev–Trinajstić information content (AvgIpc) is 2.76. The second kappa shape index (κ2) is 9.24. The van der Waals surface area contributed by atoms with Crippen molar-refractivity contribution in [3.05, 3.63) is 30.3 Å². The van der Waals surface area contributed by atoms with Gasteiger partial charge in [0.1, 0.15) is 17.0 Å². The molecule has 0 saturated carbocycles. The number of para-hydroxylation sites is 1. The third kappa shape index (κ3) is 5.23. The summed E-state index contributed by atoms with van der Waals surface area (Å²) < 4.78 is 11.5. The number of anilines is 2. The van der Waals surface area contributed by atoms with Gasteiger partial charge in [0.15, 0.2) is 5.82 Å². The van der Waals surface area contributed by atoms with Gasteiger partial charge in [-0.2, -0.15) is 0 Å². The fourth-order valence-electron chi connectivity index (χ4n) is 4.59. The number of benzene rings is 1. The Morgan fingerprint density at radius 3 is 2.19 bits per heavy atom. The van der Waals surface area contributed by atoms with Gasteiger partial charge in [-0.05, 0) is 85.7 Å². The summed E-state index contributed by atoms with van der Waals surface area (Å²) in [4.78, 5) is 30.2. The van der Waals surface area contributed by atoms with Crippen LogP contribution in [-0.2, 0) is 9.47 Å². The molecular weight excluding hydrogens is 462 g/mol. The molecule has 2 aliphatic heterocycles. The maximum atomic E-state index is 13.7. The van der Waals surface area contributed by atoms with Crippen LogP contribution in [0.15, 0.2) is 30.3 Å². The van der Waals surface area contributed by atoms with Gasteiger partial charge >= 0.3 is 12.2 Å². The Morgan fingerprint density at radius 1 is 0.972 bits per heavy atom. The van der Waals surface area contributed by atoms with Crippen molar-refractivity contribution in [2.45, 2.75) is 71.1 Å². The Balaban J connectivity index is 1.91. The number of aromatic hydroxyl groups is 1. The molecule has 0 unspecified atom stereocenters. The fourth-order valence-corrected chi connectivity index (χ4v) is 4.59. The van der Waals surface area contributed by atoms with Crippen LogP contribution in [0.4, 0.5) is 21.1 Å². The van der Waals surface area contributed by atoms with Crippen molar-refractivity contribution in [2.75, 3.05) is 29.4 Å². The number of phenols is 1. The van der Waals surface area contributed by atoms with E-state index < -0.39 is 28.9 Å². The maximum Gasteiger partial charge on any atom is 0.416 e. The summed E-state index contributed by atoms with van der Waals surface area (Å²) in [5.74, 6) is 0.241. The van der Waals surface area contributed by atoms with E-state index in [1.807, 2.05) is 20.8 Å². The van der Waals surface area contributed by atoms with E-state index in [1.165, 1.54) is 4.90 Å². The van der Waals surface area contributed by atoms with Crippen LogP contribution in [0.3, 0.4) is 0 Å². The third-order valence-electron chi connectivity index (χ3n) is 6.08. The van der Waals surface area contributed by atoms with Crippen LogP contribution in [0.25, 0.3) is 11.3 Å². The molecule has 4 rings (SSSR count). The van der Waals surface area contributed by atoms with Crippen molar-refractivity contribution in [1.29, 1.82) is 0 Å². The van der Waals surface area contributed by atoms with Crippen LogP contribution in [0, 0.1) is 0 Å². The van der Waals surface area contributed by atoms with E-state index in [0.717, 1.165) is 0 Å². The lowest BCUT2D eigenvalue weighted by Crippen LogP contribution is -2.66. The number of amides is 2. The van der Waals surface area contributed by atoms with Gasteiger partial charge in [0.05, 0.1) is 23.5 Å². The first-order chi connectivity index (χ1) is 16.8. The van der Waals surface area contributed by atoms with Crippen molar-refractivity contribution in [3.63, 3.8) is 0 Å². The molecule has 1 spiro atoms. The number of nitrogens with zero attached hydrogens (tertiary/aromatic N) is 4. The summed E-state index contributed by atoms with van der Waals surface area (Å²) in [5, 5.41) is 22.5. The summed E-state index contributed by atoms with van der Waals surface area (Å²) >= 11 is 0. The Morgan fingerprint density at radius 2 is 1.58 bits per heavy atom. The Kier molecular flexibility index (Phi) is 6.59. The molecule has 2 N–H and O–H groups in total. The molecule has 10 nitrogen and oxygen atoms in total. The zero-order valence-electron chi connectivity index (χ0n) is 21.8.